The maximum Gasteiger partial charge on any atom is 0.243 e. The fourth-order valence-corrected chi connectivity index (χ4v) is 4.84. The molecule has 2 fully saturated rings. The minimum atomic E-state index is -3.48. The molecule has 1 heterocycles. The molecule has 0 amide bonds. The third kappa shape index (κ3) is 4.11. The minimum absolute atomic E-state index is 0.0449. The maximum atomic E-state index is 12.6. The second kappa shape index (κ2) is 7.82. The van der Waals surface area contributed by atoms with Crippen molar-refractivity contribution in [3.8, 4) is 6.07 Å². The van der Waals surface area contributed by atoms with Crippen LogP contribution in [0.15, 0.2) is 29.2 Å². The van der Waals surface area contributed by atoms with E-state index in [0.29, 0.717) is 18.8 Å². The summed E-state index contributed by atoms with van der Waals surface area (Å²) in [7, 11) is -3.48. The zero-order valence-corrected chi connectivity index (χ0v) is 16.0. The molecular weight excluding hydrogens is 370 g/mol. The van der Waals surface area contributed by atoms with Crippen molar-refractivity contribution in [3.05, 3.63) is 24.3 Å². The van der Waals surface area contributed by atoms with Gasteiger partial charge in [0.25, 0.3) is 0 Å². The first-order valence-corrected chi connectivity index (χ1v) is 10.6. The summed E-state index contributed by atoms with van der Waals surface area (Å²) in [4.78, 5) is 12.5. The lowest BCUT2D eigenvalue weighted by Gasteiger charge is -2.25. The molecule has 1 unspecified atom stereocenters. The number of nitrogens with zero attached hydrogens (tertiary/aromatic N) is 2. The standard InChI is InChI=1S/C18H21N3O3S2/c19-12-16(17(22)13-4-5-13)18(25)20-14-6-8-15(9-7-14)26(23,24)21-10-2-1-3-11-21/h6-9,13,16H,1-5,10-11H2,(H,20,25). The van der Waals surface area contributed by atoms with Gasteiger partial charge in [0, 0.05) is 24.7 Å². The van der Waals surface area contributed by atoms with Gasteiger partial charge in [-0.2, -0.15) is 9.57 Å². The predicted molar refractivity (Wildman–Crippen MR) is 102 cm³/mol. The van der Waals surface area contributed by atoms with Crippen molar-refractivity contribution in [2.45, 2.75) is 37.0 Å². The van der Waals surface area contributed by atoms with E-state index in [2.05, 4.69) is 5.32 Å². The maximum absolute atomic E-state index is 12.6. The molecule has 1 atom stereocenters. The number of carbonyl (C=O) groups excluding carboxylic acids is 1. The summed E-state index contributed by atoms with van der Waals surface area (Å²) in [6, 6.07) is 8.24. The fraction of sp³-hybridized carbons (Fsp3) is 0.500. The van der Waals surface area contributed by atoms with Gasteiger partial charge in [0.2, 0.25) is 10.0 Å². The van der Waals surface area contributed by atoms with Crippen molar-refractivity contribution in [2.75, 3.05) is 18.4 Å². The van der Waals surface area contributed by atoms with Crippen molar-refractivity contribution in [2.24, 2.45) is 11.8 Å². The first kappa shape index (κ1) is 19.0. The third-order valence-corrected chi connectivity index (χ3v) is 6.98. The van der Waals surface area contributed by atoms with Crippen LogP contribution in [0.1, 0.15) is 32.1 Å². The van der Waals surface area contributed by atoms with Crippen molar-refractivity contribution >= 4 is 38.7 Å². The summed E-state index contributed by atoms with van der Waals surface area (Å²) in [5, 5.41) is 12.1. The van der Waals surface area contributed by atoms with Gasteiger partial charge in [0.1, 0.15) is 4.99 Å². The second-order valence-electron chi connectivity index (χ2n) is 6.72. The normalized spacial score (nSPS) is 19.3. The number of hydrogen-bond acceptors (Lipinski definition) is 5. The molecule has 0 radical (unpaired) electrons. The SMILES string of the molecule is N#CC(C(=O)C1CC1)C(=S)Nc1ccc(S(=O)(=O)N2CCCCC2)cc1. The second-order valence-corrected chi connectivity index (χ2v) is 9.09. The van der Waals surface area contributed by atoms with Crippen LogP contribution in [0, 0.1) is 23.2 Å². The summed E-state index contributed by atoms with van der Waals surface area (Å²) in [6.45, 7) is 1.11. The minimum Gasteiger partial charge on any atom is -0.349 e. The number of Topliss-reactive ketones (excluding diaryl/α,β-unsaturated/α-hetero) is 1. The largest absolute Gasteiger partial charge is 0.349 e. The Hall–Kier alpha value is -1.82. The molecule has 3 rings (SSSR count). The van der Waals surface area contributed by atoms with Gasteiger partial charge in [-0.3, -0.25) is 4.79 Å². The van der Waals surface area contributed by atoms with Crippen LogP contribution in [0.5, 0.6) is 0 Å². The lowest BCUT2D eigenvalue weighted by molar-refractivity contribution is -0.120. The van der Waals surface area contributed by atoms with Crippen LogP contribution in [0.4, 0.5) is 5.69 Å². The molecule has 1 saturated heterocycles. The van der Waals surface area contributed by atoms with E-state index in [9.17, 15) is 18.5 Å². The van der Waals surface area contributed by atoms with Gasteiger partial charge in [-0.1, -0.05) is 18.6 Å². The Bertz CT molecular complexity index is 833. The molecule has 6 nitrogen and oxygen atoms in total. The molecule has 1 aliphatic carbocycles. The molecule has 1 aromatic rings. The zero-order valence-electron chi connectivity index (χ0n) is 14.3. The van der Waals surface area contributed by atoms with E-state index in [1.54, 1.807) is 12.1 Å². The van der Waals surface area contributed by atoms with E-state index in [4.69, 9.17) is 12.2 Å². The molecular formula is C18H21N3O3S2. The lowest BCUT2D eigenvalue weighted by atomic mass is 10.0. The van der Waals surface area contributed by atoms with Crippen LogP contribution in [0.2, 0.25) is 0 Å². The average Bonchev–Trinajstić information content (AvgIpc) is 3.48. The van der Waals surface area contributed by atoms with Crippen LogP contribution in [0.3, 0.4) is 0 Å². The number of benzene rings is 1. The van der Waals surface area contributed by atoms with Crippen molar-refractivity contribution in [1.82, 2.24) is 4.31 Å². The highest BCUT2D eigenvalue weighted by Gasteiger charge is 2.37. The molecule has 1 saturated carbocycles. The number of nitriles is 1. The molecule has 0 aromatic heterocycles. The molecule has 8 heteroatoms. The molecule has 0 spiro atoms. The van der Waals surface area contributed by atoms with Gasteiger partial charge in [0.05, 0.1) is 11.0 Å². The number of sulfonamides is 1. The van der Waals surface area contributed by atoms with Crippen LogP contribution in [-0.2, 0) is 14.8 Å². The lowest BCUT2D eigenvalue weighted by Crippen LogP contribution is -2.35. The molecule has 26 heavy (non-hydrogen) atoms. The van der Waals surface area contributed by atoms with E-state index in [0.717, 1.165) is 32.1 Å². The Morgan fingerprint density at radius 2 is 1.81 bits per heavy atom. The summed E-state index contributed by atoms with van der Waals surface area (Å²) >= 11 is 5.21. The highest BCUT2D eigenvalue weighted by Crippen LogP contribution is 2.33. The summed E-state index contributed by atoms with van der Waals surface area (Å²) in [5.74, 6) is -1.12. The van der Waals surface area contributed by atoms with E-state index in [1.165, 1.54) is 16.4 Å². The average molecular weight is 392 g/mol. The van der Waals surface area contributed by atoms with E-state index < -0.39 is 15.9 Å². The first-order chi connectivity index (χ1) is 12.4. The molecule has 1 N–H and O–H groups in total. The van der Waals surface area contributed by atoms with Gasteiger partial charge >= 0.3 is 0 Å². The van der Waals surface area contributed by atoms with Crippen LogP contribution in [-0.4, -0.2) is 36.6 Å². The van der Waals surface area contributed by atoms with Crippen LogP contribution in [0.25, 0.3) is 0 Å². The smallest absolute Gasteiger partial charge is 0.243 e. The highest BCUT2D eigenvalue weighted by molar-refractivity contribution is 7.89. The van der Waals surface area contributed by atoms with Gasteiger partial charge < -0.3 is 5.32 Å². The van der Waals surface area contributed by atoms with Crippen LogP contribution < -0.4 is 5.32 Å². The number of rotatable bonds is 6. The summed E-state index contributed by atoms with van der Waals surface area (Å²) < 4.78 is 26.8. The number of hydrogen-bond donors (Lipinski definition) is 1. The van der Waals surface area contributed by atoms with Gasteiger partial charge in [-0.15, -0.1) is 0 Å². The quantitative estimate of drug-likeness (QED) is 0.750. The summed E-state index contributed by atoms with van der Waals surface area (Å²) in [5.41, 5.74) is 0.566. The predicted octanol–water partition coefficient (Wildman–Crippen LogP) is 2.72. The van der Waals surface area contributed by atoms with Gasteiger partial charge in [-0.25, -0.2) is 8.42 Å². The topological polar surface area (TPSA) is 90.3 Å². The monoisotopic (exact) mass is 391 g/mol. The van der Waals surface area contributed by atoms with Crippen LogP contribution >= 0.6 is 12.2 Å². The molecule has 138 valence electrons. The number of piperidine rings is 1. The summed E-state index contributed by atoms with van der Waals surface area (Å²) in [6.07, 6.45) is 4.48. The van der Waals surface area contributed by atoms with Gasteiger partial charge in [0.15, 0.2) is 11.7 Å². The molecule has 0 bridgehead atoms. The number of anilines is 1. The molecule has 2 aliphatic rings. The van der Waals surface area contributed by atoms with E-state index in [-0.39, 0.29) is 21.6 Å². The Morgan fingerprint density at radius 1 is 1.19 bits per heavy atom. The van der Waals surface area contributed by atoms with Crippen molar-refractivity contribution < 1.29 is 13.2 Å². The molecule has 1 aromatic carbocycles. The first-order valence-electron chi connectivity index (χ1n) is 8.78. The fourth-order valence-electron chi connectivity index (χ4n) is 3.03. The Balaban J connectivity index is 1.68. The Kier molecular flexibility index (Phi) is 5.70. The Morgan fingerprint density at radius 3 is 2.35 bits per heavy atom. The number of ketones is 1. The number of carbonyl (C=O) groups is 1. The number of nitrogens with one attached hydrogen (secondary N) is 1. The Labute approximate surface area is 159 Å². The zero-order chi connectivity index (χ0) is 18.7. The van der Waals surface area contributed by atoms with Gasteiger partial charge in [-0.05, 0) is 49.9 Å². The van der Waals surface area contributed by atoms with E-state index in [1.807, 2.05) is 6.07 Å². The third-order valence-electron chi connectivity index (χ3n) is 4.73. The van der Waals surface area contributed by atoms with Crippen molar-refractivity contribution in [3.63, 3.8) is 0 Å². The van der Waals surface area contributed by atoms with E-state index >= 15 is 0 Å². The molecule has 1 aliphatic heterocycles. The van der Waals surface area contributed by atoms with Crippen molar-refractivity contribution in [1.29, 1.82) is 5.26 Å². The number of thiocarbonyl (C=S) groups is 1. The highest BCUT2D eigenvalue weighted by atomic mass is 32.2.